The number of aromatic nitrogens is 4. The summed E-state index contributed by atoms with van der Waals surface area (Å²) in [5.41, 5.74) is 4.09. The van der Waals surface area contributed by atoms with Crippen LogP contribution in [0.1, 0.15) is 5.56 Å². The van der Waals surface area contributed by atoms with Crippen LogP contribution in [0.25, 0.3) is 33.7 Å². The Morgan fingerprint density at radius 2 is 1.96 bits per heavy atom. The van der Waals surface area contributed by atoms with Crippen molar-refractivity contribution in [2.45, 2.75) is 6.92 Å². The quantitative estimate of drug-likeness (QED) is 0.406. The minimum atomic E-state index is -0.347. The van der Waals surface area contributed by atoms with Crippen LogP contribution in [0.2, 0.25) is 0 Å². The van der Waals surface area contributed by atoms with E-state index < -0.39 is 0 Å². The largest absolute Gasteiger partial charge is 0.503 e. The van der Waals surface area contributed by atoms with E-state index in [1.807, 2.05) is 31.2 Å². The molecule has 0 saturated carbocycles. The monoisotopic (exact) mass is 377 g/mol. The summed E-state index contributed by atoms with van der Waals surface area (Å²) >= 11 is 0. The maximum absolute atomic E-state index is 12.4. The summed E-state index contributed by atoms with van der Waals surface area (Å²) in [4.78, 5) is 20.1. The number of fused-ring (bicyclic) bond motifs is 1. The Balaban J connectivity index is 1.91. The summed E-state index contributed by atoms with van der Waals surface area (Å²) in [6.07, 6.45) is 0. The number of rotatable bonds is 4. The number of hydrogen-bond donors (Lipinski definition) is 4. The molecule has 2 aromatic heterocycles. The van der Waals surface area contributed by atoms with Gasteiger partial charge in [-0.3, -0.25) is 4.79 Å². The first-order chi connectivity index (χ1) is 13.5. The molecule has 2 aromatic carbocycles. The van der Waals surface area contributed by atoms with Gasteiger partial charge in [0.1, 0.15) is 5.82 Å². The van der Waals surface area contributed by atoms with Gasteiger partial charge in [0.2, 0.25) is 0 Å². The number of para-hydroxylation sites is 2. The van der Waals surface area contributed by atoms with E-state index in [2.05, 4.69) is 25.5 Å². The molecule has 0 bridgehead atoms. The average molecular weight is 377 g/mol. The zero-order valence-corrected chi connectivity index (χ0v) is 15.6. The Bertz CT molecular complexity index is 1210. The second-order valence-electron chi connectivity index (χ2n) is 6.33. The van der Waals surface area contributed by atoms with Gasteiger partial charge in [-0.25, -0.2) is 10.1 Å². The molecule has 0 radical (unpaired) electrons. The number of nitrogens with one attached hydrogen (secondary N) is 3. The Morgan fingerprint density at radius 3 is 2.68 bits per heavy atom. The predicted octanol–water partition coefficient (Wildman–Crippen LogP) is 3.04. The number of aromatic amines is 2. The van der Waals surface area contributed by atoms with Crippen molar-refractivity contribution >= 4 is 16.7 Å². The van der Waals surface area contributed by atoms with Crippen molar-refractivity contribution in [1.29, 1.82) is 0 Å². The maximum atomic E-state index is 12.4. The van der Waals surface area contributed by atoms with Gasteiger partial charge in [0.25, 0.3) is 5.56 Å². The van der Waals surface area contributed by atoms with Crippen LogP contribution >= 0.6 is 0 Å². The molecule has 142 valence electrons. The number of phenols is 1. The lowest BCUT2D eigenvalue weighted by atomic mass is 10.0. The molecule has 0 amide bonds. The Hall–Kier alpha value is -3.81. The first-order valence-corrected chi connectivity index (χ1v) is 8.67. The number of aromatic hydroxyl groups is 1. The molecule has 0 atom stereocenters. The molecule has 2 heterocycles. The zero-order valence-electron chi connectivity index (χ0n) is 15.6. The second kappa shape index (κ2) is 6.73. The number of nitrogens with zero attached hydrogens (tertiary/aromatic N) is 2. The first kappa shape index (κ1) is 17.6. The number of hydrogen-bond acceptors (Lipinski definition) is 6. The Morgan fingerprint density at radius 1 is 1.18 bits per heavy atom. The van der Waals surface area contributed by atoms with Crippen LogP contribution in [0.5, 0.6) is 11.5 Å². The minimum absolute atomic E-state index is 0.0215. The molecule has 0 spiro atoms. The van der Waals surface area contributed by atoms with E-state index in [9.17, 15) is 9.90 Å². The molecule has 0 aliphatic rings. The van der Waals surface area contributed by atoms with Crippen molar-refractivity contribution in [3.05, 3.63) is 52.3 Å². The number of ether oxygens (including phenoxy) is 1. The van der Waals surface area contributed by atoms with E-state index >= 15 is 0 Å². The number of phenolic OH excluding ortho intramolecular Hbond substituents is 1. The van der Waals surface area contributed by atoms with E-state index in [0.717, 1.165) is 11.0 Å². The van der Waals surface area contributed by atoms with Gasteiger partial charge in [-0.05, 0) is 31.2 Å². The molecule has 8 heteroatoms. The Labute approximate surface area is 160 Å². The van der Waals surface area contributed by atoms with Crippen LogP contribution in [0.3, 0.4) is 0 Å². The lowest BCUT2D eigenvalue weighted by molar-refractivity contribution is 0.372. The highest BCUT2D eigenvalue weighted by atomic mass is 16.5. The number of H-pyrrole nitrogens is 2. The second-order valence-corrected chi connectivity index (χ2v) is 6.33. The highest BCUT2D eigenvalue weighted by molar-refractivity contribution is 5.81. The summed E-state index contributed by atoms with van der Waals surface area (Å²) < 4.78 is 5.35. The Kier molecular flexibility index (Phi) is 4.23. The third-order valence-electron chi connectivity index (χ3n) is 4.70. The van der Waals surface area contributed by atoms with Crippen LogP contribution in [0, 0.1) is 6.92 Å². The molecule has 0 unspecified atom stereocenters. The van der Waals surface area contributed by atoms with Gasteiger partial charge in [-0.15, -0.1) is 0 Å². The highest BCUT2D eigenvalue weighted by Gasteiger charge is 2.19. The molecule has 4 rings (SSSR count). The summed E-state index contributed by atoms with van der Waals surface area (Å²) in [7, 11) is 3.19. The van der Waals surface area contributed by atoms with Gasteiger partial charge in [0.05, 0.1) is 35.1 Å². The van der Waals surface area contributed by atoms with Gasteiger partial charge < -0.3 is 20.1 Å². The fraction of sp³-hybridized carbons (Fsp3) is 0.150. The zero-order chi connectivity index (χ0) is 19.8. The molecule has 0 saturated heterocycles. The van der Waals surface area contributed by atoms with E-state index in [1.165, 1.54) is 7.11 Å². The third kappa shape index (κ3) is 2.75. The minimum Gasteiger partial charge on any atom is -0.503 e. The molecule has 8 nitrogen and oxygen atoms in total. The highest BCUT2D eigenvalue weighted by Crippen LogP contribution is 2.42. The average Bonchev–Trinajstić information content (AvgIpc) is 3.13. The molecule has 0 aliphatic carbocycles. The van der Waals surface area contributed by atoms with Crippen LogP contribution < -0.4 is 15.6 Å². The van der Waals surface area contributed by atoms with E-state index in [1.54, 1.807) is 19.2 Å². The lowest BCUT2D eigenvalue weighted by Crippen LogP contribution is -2.12. The number of imidazole rings is 1. The van der Waals surface area contributed by atoms with E-state index in [-0.39, 0.29) is 11.3 Å². The van der Waals surface area contributed by atoms with Crippen molar-refractivity contribution in [1.82, 2.24) is 20.2 Å². The third-order valence-corrected chi connectivity index (χ3v) is 4.70. The smallest absolute Gasteiger partial charge is 0.275 e. The van der Waals surface area contributed by atoms with Gasteiger partial charge >= 0.3 is 0 Å². The topological polar surface area (TPSA) is 116 Å². The number of benzene rings is 2. The van der Waals surface area contributed by atoms with E-state index in [0.29, 0.717) is 39.6 Å². The van der Waals surface area contributed by atoms with Crippen LogP contribution in [0.15, 0.2) is 41.2 Å². The lowest BCUT2D eigenvalue weighted by Gasteiger charge is -2.15. The fourth-order valence-corrected chi connectivity index (χ4v) is 3.25. The van der Waals surface area contributed by atoms with Crippen molar-refractivity contribution in [3.63, 3.8) is 0 Å². The van der Waals surface area contributed by atoms with Crippen molar-refractivity contribution in [3.8, 4) is 34.1 Å². The van der Waals surface area contributed by atoms with Gasteiger partial charge in [-0.1, -0.05) is 12.1 Å². The summed E-state index contributed by atoms with van der Waals surface area (Å²) in [6.45, 7) is 1.82. The van der Waals surface area contributed by atoms with Crippen LogP contribution in [-0.4, -0.2) is 39.4 Å². The van der Waals surface area contributed by atoms with Gasteiger partial charge in [-0.2, -0.15) is 5.10 Å². The van der Waals surface area contributed by atoms with Crippen LogP contribution in [-0.2, 0) is 0 Å². The molecule has 0 aliphatic heterocycles. The van der Waals surface area contributed by atoms with Crippen molar-refractivity contribution < 1.29 is 9.84 Å². The van der Waals surface area contributed by atoms with Crippen molar-refractivity contribution in [2.24, 2.45) is 0 Å². The van der Waals surface area contributed by atoms with Crippen molar-refractivity contribution in [2.75, 3.05) is 19.5 Å². The SMILES string of the molecule is CNc1cc(-c2cc(-c3nc4ccccc4[nH]3)c(=O)[nH]n2)c(C)c(OC)c1O. The van der Waals surface area contributed by atoms with Crippen LogP contribution in [0.4, 0.5) is 5.69 Å². The molecule has 4 N–H and O–H groups in total. The summed E-state index contributed by atoms with van der Waals surface area (Å²) in [5, 5.41) is 20.0. The molecule has 0 fully saturated rings. The van der Waals surface area contributed by atoms with Gasteiger partial charge in [0.15, 0.2) is 11.5 Å². The predicted molar refractivity (Wildman–Crippen MR) is 108 cm³/mol. The van der Waals surface area contributed by atoms with E-state index in [4.69, 9.17) is 4.74 Å². The molecule has 4 aromatic rings. The standard InChI is InChI=1S/C20H19N5O3/c1-10-11(8-16(21-2)17(26)18(10)28-3)15-9-12(20(27)25-24-15)19-22-13-6-4-5-7-14(13)23-19/h4-9,21,26H,1-3H3,(H,22,23)(H,25,27). The molecule has 28 heavy (non-hydrogen) atoms. The fourth-order valence-electron chi connectivity index (χ4n) is 3.25. The van der Waals surface area contributed by atoms with Gasteiger partial charge in [0, 0.05) is 18.2 Å². The first-order valence-electron chi connectivity index (χ1n) is 8.67. The molecular weight excluding hydrogens is 358 g/mol. The number of methoxy groups -OCH3 is 1. The normalized spacial score (nSPS) is 11.0. The summed E-state index contributed by atoms with van der Waals surface area (Å²) in [5.74, 6) is 0.830. The molecular formula is C20H19N5O3. The number of anilines is 1. The maximum Gasteiger partial charge on any atom is 0.275 e. The summed E-state index contributed by atoms with van der Waals surface area (Å²) in [6, 6.07) is 11.0.